The summed E-state index contributed by atoms with van der Waals surface area (Å²) in [4.78, 5) is 34.2. The Kier molecular flexibility index (Phi) is 7.42. The highest BCUT2D eigenvalue weighted by Crippen LogP contribution is 2.19. The number of hydrogen-bond donors (Lipinski definition) is 7. The molecule has 1 aromatic heterocycles. The van der Waals surface area contributed by atoms with Crippen molar-refractivity contribution < 1.29 is 34.1 Å². The Balaban J connectivity index is 2.92. The fraction of sp³-hybridized carbons (Fsp3) is 0.615. The van der Waals surface area contributed by atoms with Crippen molar-refractivity contribution in [3.8, 4) is 0 Å². The predicted octanol–water partition coefficient (Wildman–Crippen LogP) is -2.50. The van der Waals surface area contributed by atoms with Crippen molar-refractivity contribution in [2.24, 2.45) is 11.5 Å². The van der Waals surface area contributed by atoms with Crippen molar-refractivity contribution in [1.29, 1.82) is 0 Å². The Morgan fingerprint density at radius 2 is 1.69 bits per heavy atom. The molecule has 0 bridgehead atoms. The smallest absolute Gasteiger partial charge is 0.328 e. The van der Waals surface area contributed by atoms with E-state index in [-0.39, 0.29) is 11.8 Å². The Bertz CT molecular complexity index is 647. The molecule has 26 heavy (non-hydrogen) atoms. The molecule has 5 atom stereocenters. The average molecular weight is 374 g/mol. The molecular weight excluding hydrogens is 352 g/mol. The van der Waals surface area contributed by atoms with Crippen LogP contribution in [0.4, 0.5) is 4.79 Å². The second-order valence-corrected chi connectivity index (χ2v) is 5.64. The summed E-state index contributed by atoms with van der Waals surface area (Å²) in [5, 5.41) is 39.3. The first-order valence-corrected chi connectivity index (χ1v) is 7.56. The van der Waals surface area contributed by atoms with Crippen molar-refractivity contribution in [3.63, 3.8) is 0 Å². The summed E-state index contributed by atoms with van der Waals surface area (Å²) in [5.41, 5.74) is 10.8. The number of aromatic nitrogens is 2. The summed E-state index contributed by atoms with van der Waals surface area (Å²) in [5.74, 6) is -2.60. The molecule has 0 fully saturated rings. The lowest BCUT2D eigenvalue weighted by atomic mass is 10.2. The second-order valence-electron chi connectivity index (χ2n) is 5.64. The van der Waals surface area contributed by atoms with Gasteiger partial charge in [-0.15, -0.1) is 10.2 Å². The van der Waals surface area contributed by atoms with Gasteiger partial charge in [-0.25, -0.2) is 9.59 Å². The number of amides is 3. The van der Waals surface area contributed by atoms with E-state index in [9.17, 15) is 24.6 Å². The van der Waals surface area contributed by atoms with E-state index in [2.05, 4.69) is 15.5 Å². The maximum absolute atomic E-state index is 12.0. The lowest BCUT2D eigenvalue weighted by Gasteiger charge is -2.20. The van der Waals surface area contributed by atoms with Crippen molar-refractivity contribution in [1.82, 2.24) is 20.8 Å². The van der Waals surface area contributed by atoms with E-state index >= 15 is 0 Å². The number of nitrogens with one attached hydrogen (secondary N) is 2. The van der Waals surface area contributed by atoms with E-state index in [1.54, 1.807) is 0 Å². The third-order valence-corrected chi connectivity index (χ3v) is 3.30. The van der Waals surface area contributed by atoms with Crippen molar-refractivity contribution in [2.45, 2.75) is 50.6 Å². The van der Waals surface area contributed by atoms with Crippen LogP contribution >= 0.6 is 0 Å². The van der Waals surface area contributed by atoms with Gasteiger partial charge in [-0.2, -0.15) is 0 Å². The number of primary amides is 1. The summed E-state index contributed by atoms with van der Waals surface area (Å²) in [6.45, 7) is 2.59. The number of carbonyl (C=O) groups excluding carboxylic acids is 2. The largest absolute Gasteiger partial charge is 0.480 e. The molecule has 2 unspecified atom stereocenters. The van der Waals surface area contributed by atoms with E-state index in [0.29, 0.717) is 0 Å². The number of carboxylic acids is 1. The molecule has 0 radical (unpaired) electrons. The first kappa shape index (κ1) is 21.3. The van der Waals surface area contributed by atoms with E-state index in [4.69, 9.17) is 21.0 Å². The third-order valence-electron chi connectivity index (χ3n) is 3.30. The van der Waals surface area contributed by atoms with E-state index in [0.717, 1.165) is 0 Å². The molecule has 0 saturated carbocycles. The molecule has 0 spiro atoms. The monoisotopic (exact) mass is 374 g/mol. The number of aliphatic hydroxyl groups excluding tert-OH is 2. The van der Waals surface area contributed by atoms with Crippen LogP contribution in [-0.2, 0) is 9.59 Å². The molecule has 1 aromatic rings. The fourth-order valence-electron chi connectivity index (χ4n) is 1.86. The number of nitrogens with two attached hydrogens (primary N) is 2. The summed E-state index contributed by atoms with van der Waals surface area (Å²) in [6.07, 6.45) is -2.78. The average Bonchev–Trinajstić information content (AvgIpc) is 2.99. The Morgan fingerprint density at radius 1 is 1.12 bits per heavy atom. The maximum Gasteiger partial charge on any atom is 0.328 e. The molecule has 0 aliphatic carbocycles. The third kappa shape index (κ3) is 5.94. The highest BCUT2D eigenvalue weighted by atomic mass is 16.4. The molecule has 1 heterocycles. The topological polar surface area (TPSA) is 227 Å². The first-order chi connectivity index (χ1) is 12.0. The van der Waals surface area contributed by atoms with Crippen LogP contribution in [0.2, 0.25) is 0 Å². The normalized spacial score (nSPS) is 16.8. The highest BCUT2D eigenvalue weighted by Gasteiger charge is 2.29. The quantitative estimate of drug-likeness (QED) is 0.240. The minimum Gasteiger partial charge on any atom is -0.480 e. The molecule has 13 heteroatoms. The Labute approximate surface area is 147 Å². The molecule has 3 amide bonds. The molecule has 13 nitrogen and oxygen atoms in total. The zero-order chi connectivity index (χ0) is 20.0. The van der Waals surface area contributed by atoms with Gasteiger partial charge in [0, 0.05) is 0 Å². The molecule has 146 valence electrons. The van der Waals surface area contributed by atoms with Crippen LogP contribution in [-0.4, -0.2) is 61.7 Å². The van der Waals surface area contributed by atoms with Gasteiger partial charge in [0.15, 0.2) is 6.04 Å². The lowest BCUT2D eigenvalue weighted by molar-refractivity contribution is -0.141. The molecule has 9 N–H and O–H groups in total. The number of hydrogen-bond acceptors (Lipinski definition) is 9. The lowest BCUT2D eigenvalue weighted by Crippen LogP contribution is -2.52. The van der Waals surface area contributed by atoms with Crippen molar-refractivity contribution in [2.75, 3.05) is 0 Å². The predicted molar refractivity (Wildman–Crippen MR) is 84.2 cm³/mol. The van der Waals surface area contributed by atoms with Gasteiger partial charge in [-0.05, 0) is 13.8 Å². The number of aliphatic carboxylic acids is 1. The summed E-state index contributed by atoms with van der Waals surface area (Å²) >= 11 is 0. The van der Waals surface area contributed by atoms with E-state index in [1.807, 2.05) is 5.32 Å². The van der Waals surface area contributed by atoms with Crippen molar-refractivity contribution in [3.05, 3.63) is 11.8 Å². The molecule has 0 aliphatic rings. The molecular formula is C13H22N6O7. The second kappa shape index (κ2) is 9.07. The summed E-state index contributed by atoms with van der Waals surface area (Å²) < 4.78 is 5.25. The van der Waals surface area contributed by atoms with Crippen LogP contribution in [0.15, 0.2) is 4.42 Å². The molecule has 0 saturated heterocycles. The van der Waals surface area contributed by atoms with Gasteiger partial charge in [0.2, 0.25) is 17.7 Å². The number of carboxylic acid groups (broad SMARTS) is 1. The number of aliphatic hydroxyl groups is 2. The summed E-state index contributed by atoms with van der Waals surface area (Å²) in [7, 11) is 0. The van der Waals surface area contributed by atoms with Crippen LogP contribution in [0.3, 0.4) is 0 Å². The van der Waals surface area contributed by atoms with Gasteiger partial charge in [0.25, 0.3) is 0 Å². The van der Waals surface area contributed by atoms with Gasteiger partial charge in [0.05, 0.1) is 18.6 Å². The zero-order valence-electron chi connectivity index (χ0n) is 14.1. The fourth-order valence-corrected chi connectivity index (χ4v) is 1.86. The van der Waals surface area contributed by atoms with E-state index in [1.165, 1.54) is 13.8 Å². The number of carbonyl (C=O) groups is 3. The van der Waals surface area contributed by atoms with Gasteiger partial charge in [-0.1, -0.05) is 0 Å². The maximum atomic E-state index is 12.0. The number of rotatable bonds is 9. The number of urea groups is 1. The molecule has 0 aliphatic heterocycles. The van der Waals surface area contributed by atoms with Crippen LogP contribution in [0, 0.1) is 0 Å². The highest BCUT2D eigenvalue weighted by molar-refractivity contribution is 5.83. The summed E-state index contributed by atoms with van der Waals surface area (Å²) in [6, 6.07) is -4.74. The van der Waals surface area contributed by atoms with Gasteiger partial charge in [0.1, 0.15) is 12.1 Å². The van der Waals surface area contributed by atoms with Crippen LogP contribution in [0.25, 0.3) is 0 Å². The zero-order valence-corrected chi connectivity index (χ0v) is 14.1. The standard InChI is InChI=1S/C13H22N6O7/c1-4(20)8(15)11-19-18-10(26-11)6(3-7(14)22)16-13(25)17-9(5(2)21)12(23)24/h4-6,8-9,20-21H,3,15H2,1-2H3,(H2,14,22)(H,23,24)(H2,16,17,25)/t4?,5?,6-,8-,9-/m0/s1. The minimum atomic E-state index is -1.58. The van der Waals surface area contributed by atoms with Crippen LogP contribution in [0.1, 0.15) is 44.1 Å². The Hall–Kier alpha value is -2.77. The van der Waals surface area contributed by atoms with Gasteiger partial charge in [-0.3, -0.25) is 4.79 Å². The Morgan fingerprint density at radius 3 is 2.15 bits per heavy atom. The van der Waals surface area contributed by atoms with Gasteiger partial charge < -0.3 is 41.8 Å². The number of nitrogens with zero attached hydrogens (tertiary/aromatic N) is 2. The SMILES string of the molecule is CC(O)[C@H](NC(=O)N[C@@H](CC(N)=O)c1nnc([C@@H](N)C(C)O)o1)C(=O)O. The molecule has 0 aromatic carbocycles. The molecule has 1 rings (SSSR count). The van der Waals surface area contributed by atoms with Crippen LogP contribution in [0.5, 0.6) is 0 Å². The van der Waals surface area contributed by atoms with Gasteiger partial charge >= 0.3 is 12.0 Å². The van der Waals surface area contributed by atoms with Crippen molar-refractivity contribution >= 4 is 17.9 Å². The first-order valence-electron chi connectivity index (χ1n) is 7.56. The van der Waals surface area contributed by atoms with Crippen LogP contribution < -0.4 is 22.1 Å². The minimum absolute atomic E-state index is 0.126. The van der Waals surface area contributed by atoms with E-state index < -0.39 is 54.7 Å².